The molecule has 3 heteroatoms. The Bertz CT molecular complexity index is 246. The lowest BCUT2D eigenvalue weighted by Crippen LogP contribution is -2.16. The van der Waals surface area contributed by atoms with Crippen LogP contribution in [0.15, 0.2) is 24.3 Å². The minimum Gasteiger partial charge on any atom is -0.399 e. The summed E-state index contributed by atoms with van der Waals surface area (Å²) in [7, 11) is 0. The highest BCUT2D eigenvalue weighted by molar-refractivity contribution is 5.41. The largest absolute Gasteiger partial charge is 0.399 e. The van der Waals surface area contributed by atoms with Gasteiger partial charge in [0, 0.05) is 18.2 Å². The first-order chi connectivity index (χ1) is 5.77. The van der Waals surface area contributed by atoms with Crippen molar-refractivity contribution in [3.63, 3.8) is 0 Å². The molecule has 0 saturated carbocycles. The highest BCUT2D eigenvalue weighted by Crippen LogP contribution is 2.16. The molecular weight excluding hydrogens is 152 g/mol. The van der Waals surface area contributed by atoms with Crippen molar-refractivity contribution in [3.8, 4) is 0 Å². The summed E-state index contributed by atoms with van der Waals surface area (Å²) in [6, 6.07) is 7.44. The molecule has 0 unspecified atom stereocenters. The Hall–Kier alpha value is -1.06. The number of nitrogens with two attached hydrogens (primary N) is 2. The summed E-state index contributed by atoms with van der Waals surface area (Å²) < 4.78 is 0. The molecule has 12 heavy (non-hydrogen) atoms. The van der Waals surface area contributed by atoms with Gasteiger partial charge in [0.2, 0.25) is 0 Å². The Morgan fingerprint density at radius 2 is 2.17 bits per heavy atom. The van der Waals surface area contributed by atoms with Gasteiger partial charge in [0.15, 0.2) is 0 Å². The molecule has 0 aliphatic heterocycles. The molecule has 1 rings (SSSR count). The summed E-state index contributed by atoms with van der Waals surface area (Å²) in [5, 5.41) is 8.95. The molecule has 0 fully saturated rings. The van der Waals surface area contributed by atoms with Crippen LogP contribution in [-0.4, -0.2) is 18.3 Å². The van der Waals surface area contributed by atoms with Crippen LogP contribution in [0.3, 0.4) is 0 Å². The van der Waals surface area contributed by atoms with Crippen molar-refractivity contribution in [3.05, 3.63) is 29.8 Å². The van der Waals surface area contributed by atoms with Gasteiger partial charge in [-0.15, -0.1) is 0 Å². The average Bonchev–Trinajstić information content (AvgIpc) is 2.07. The van der Waals surface area contributed by atoms with Crippen molar-refractivity contribution >= 4 is 5.69 Å². The summed E-state index contributed by atoms with van der Waals surface area (Å²) in [6.45, 7) is 0.514. The first-order valence-electron chi connectivity index (χ1n) is 3.94. The number of aliphatic hydroxyl groups is 1. The molecule has 0 aromatic heterocycles. The van der Waals surface area contributed by atoms with E-state index in [0.717, 1.165) is 5.56 Å². The number of aliphatic hydroxyl groups excluding tert-OH is 1. The molecule has 5 N–H and O–H groups in total. The molecule has 1 aromatic carbocycles. The Labute approximate surface area is 72.0 Å². The second-order valence-electron chi connectivity index (χ2n) is 2.79. The fraction of sp³-hybridized carbons (Fsp3) is 0.333. The lowest BCUT2D eigenvalue weighted by molar-refractivity contribution is 0.268. The van der Waals surface area contributed by atoms with Crippen LogP contribution in [-0.2, 0) is 0 Å². The van der Waals surface area contributed by atoms with Gasteiger partial charge in [-0.2, -0.15) is 0 Å². The van der Waals surface area contributed by atoms with Crippen LogP contribution in [0, 0.1) is 0 Å². The number of hydrogen-bond donors (Lipinski definition) is 3. The maximum atomic E-state index is 8.95. The van der Waals surface area contributed by atoms with E-state index in [0.29, 0.717) is 12.2 Å². The smallest absolute Gasteiger partial charge is 0.0511 e. The monoisotopic (exact) mass is 166 g/mol. The van der Waals surface area contributed by atoms with Gasteiger partial charge in [0.05, 0.1) is 6.61 Å². The predicted molar refractivity (Wildman–Crippen MR) is 49.7 cm³/mol. The van der Waals surface area contributed by atoms with Crippen LogP contribution >= 0.6 is 0 Å². The maximum Gasteiger partial charge on any atom is 0.0511 e. The van der Waals surface area contributed by atoms with E-state index >= 15 is 0 Å². The van der Waals surface area contributed by atoms with E-state index in [1.54, 1.807) is 0 Å². The van der Waals surface area contributed by atoms with Crippen LogP contribution in [0.25, 0.3) is 0 Å². The Morgan fingerprint density at radius 3 is 2.67 bits per heavy atom. The van der Waals surface area contributed by atoms with E-state index in [2.05, 4.69) is 0 Å². The SMILES string of the molecule is NC[C@H](CO)c1cccc(N)c1. The second kappa shape index (κ2) is 4.09. The topological polar surface area (TPSA) is 72.3 Å². The van der Waals surface area contributed by atoms with Gasteiger partial charge in [-0.1, -0.05) is 12.1 Å². The van der Waals surface area contributed by atoms with Gasteiger partial charge >= 0.3 is 0 Å². The first kappa shape index (κ1) is 9.03. The number of rotatable bonds is 3. The molecular formula is C9H14N2O. The van der Waals surface area contributed by atoms with Gasteiger partial charge < -0.3 is 16.6 Å². The maximum absolute atomic E-state index is 8.95. The lowest BCUT2D eigenvalue weighted by Gasteiger charge is -2.11. The summed E-state index contributed by atoms with van der Waals surface area (Å²) in [6.07, 6.45) is 0. The van der Waals surface area contributed by atoms with Crippen molar-refractivity contribution in [1.29, 1.82) is 0 Å². The Kier molecular flexibility index (Phi) is 3.08. The van der Waals surface area contributed by atoms with Gasteiger partial charge in [0.25, 0.3) is 0 Å². The molecule has 0 spiro atoms. The second-order valence-corrected chi connectivity index (χ2v) is 2.79. The van der Waals surface area contributed by atoms with Crippen molar-refractivity contribution in [2.24, 2.45) is 5.73 Å². The van der Waals surface area contributed by atoms with E-state index in [1.165, 1.54) is 0 Å². The molecule has 0 bridgehead atoms. The van der Waals surface area contributed by atoms with E-state index in [-0.39, 0.29) is 12.5 Å². The lowest BCUT2D eigenvalue weighted by atomic mass is 10.00. The van der Waals surface area contributed by atoms with E-state index in [9.17, 15) is 0 Å². The molecule has 0 radical (unpaired) electrons. The normalized spacial score (nSPS) is 12.8. The average molecular weight is 166 g/mol. The number of anilines is 1. The molecule has 1 atom stereocenters. The van der Waals surface area contributed by atoms with Crippen molar-refractivity contribution in [2.75, 3.05) is 18.9 Å². The minimum absolute atomic E-state index is 0.00787. The van der Waals surface area contributed by atoms with Crippen LogP contribution in [0.5, 0.6) is 0 Å². The summed E-state index contributed by atoms with van der Waals surface area (Å²) in [5.74, 6) is 0.00787. The van der Waals surface area contributed by atoms with Crippen molar-refractivity contribution < 1.29 is 5.11 Å². The van der Waals surface area contributed by atoms with E-state index in [1.807, 2.05) is 24.3 Å². The van der Waals surface area contributed by atoms with Gasteiger partial charge in [0.1, 0.15) is 0 Å². The molecule has 0 heterocycles. The molecule has 3 nitrogen and oxygen atoms in total. The number of nitrogen functional groups attached to an aromatic ring is 1. The molecule has 0 aliphatic carbocycles. The molecule has 1 aromatic rings. The zero-order valence-electron chi connectivity index (χ0n) is 6.90. The van der Waals surface area contributed by atoms with E-state index in [4.69, 9.17) is 16.6 Å². The standard InChI is InChI=1S/C9H14N2O/c10-5-8(6-12)7-2-1-3-9(11)4-7/h1-4,8,12H,5-6,10-11H2/t8-/m1/s1. The van der Waals surface area contributed by atoms with Crippen LogP contribution in [0.2, 0.25) is 0 Å². The fourth-order valence-electron chi connectivity index (χ4n) is 1.13. The minimum atomic E-state index is 0.00787. The van der Waals surface area contributed by atoms with Crippen LogP contribution in [0.1, 0.15) is 11.5 Å². The number of benzene rings is 1. The highest BCUT2D eigenvalue weighted by atomic mass is 16.3. The van der Waals surface area contributed by atoms with Crippen molar-refractivity contribution in [1.82, 2.24) is 0 Å². The summed E-state index contributed by atoms with van der Waals surface area (Å²) in [4.78, 5) is 0. The van der Waals surface area contributed by atoms with Gasteiger partial charge in [-0.05, 0) is 17.7 Å². The third-order valence-electron chi connectivity index (χ3n) is 1.89. The van der Waals surface area contributed by atoms with Crippen molar-refractivity contribution in [2.45, 2.75) is 5.92 Å². The van der Waals surface area contributed by atoms with E-state index < -0.39 is 0 Å². The third-order valence-corrected chi connectivity index (χ3v) is 1.89. The van der Waals surface area contributed by atoms with Crippen LogP contribution in [0.4, 0.5) is 5.69 Å². The third kappa shape index (κ3) is 1.96. The fourth-order valence-corrected chi connectivity index (χ4v) is 1.13. The molecule has 0 saturated heterocycles. The quantitative estimate of drug-likeness (QED) is 0.566. The zero-order chi connectivity index (χ0) is 8.97. The van der Waals surface area contributed by atoms with Crippen LogP contribution < -0.4 is 11.5 Å². The first-order valence-corrected chi connectivity index (χ1v) is 3.94. The van der Waals surface area contributed by atoms with Gasteiger partial charge in [-0.3, -0.25) is 0 Å². The molecule has 0 aliphatic rings. The highest BCUT2D eigenvalue weighted by Gasteiger charge is 2.07. The molecule has 0 amide bonds. The Balaban J connectivity index is 2.85. The zero-order valence-corrected chi connectivity index (χ0v) is 6.90. The number of hydrogen-bond acceptors (Lipinski definition) is 3. The Morgan fingerprint density at radius 1 is 1.42 bits per heavy atom. The van der Waals surface area contributed by atoms with Gasteiger partial charge in [-0.25, -0.2) is 0 Å². The summed E-state index contributed by atoms with van der Waals surface area (Å²) >= 11 is 0. The summed E-state index contributed by atoms with van der Waals surface area (Å²) in [5.41, 5.74) is 12.8. The molecule has 66 valence electrons. The predicted octanol–water partition coefficient (Wildman–Crippen LogP) is 0.303.